The molecule has 1 aliphatic heterocycles. The molecule has 2 aliphatic rings. The Kier molecular flexibility index (Phi) is 4.80. The fourth-order valence-electron chi connectivity index (χ4n) is 2.57. The van der Waals surface area contributed by atoms with Gasteiger partial charge in [0.1, 0.15) is 5.75 Å². The van der Waals surface area contributed by atoms with Crippen molar-refractivity contribution in [1.82, 2.24) is 10.2 Å². The Bertz CT molecular complexity index is 511. The number of halogens is 1. The number of hydrogen-bond donors (Lipinski definition) is 1. The Morgan fingerprint density at radius 1 is 1.33 bits per heavy atom. The molecule has 0 aromatic heterocycles. The smallest absolute Gasteiger partial charge is 0.260 e. The van der Waals surface area contributed by atoms with Crippen LogP contribution in [0.4, 0.5) is 0 Å². The van der Waals surface area contributed by atoms with Gasteiger partial charge in [-0.25, -0.2) is 0 Å². The predicted octanol–water partition coefficient (Wildman–Crippen LogP) is 2.70. The van der Waals surface area contributed by atoms with Crippen LogP contribution in [0.1, 0.15) is 31.2 Å². The van der Waals surface area contributed by atoms with Gasteiger partial charge in [-0.05, 0) is 43.9 Å². The van der Waals surface area contributed by atoms with Crippen molar-refractivity contribution in [2.75, 3.05) is 19.7 Å². The Hall–Kier alpha value is -1.07. The van der Waals surface area contributed by atoms with Crippen molar-refractivity contribution in [3.63, 3.8) is 0 Å². The minimum atomic E-state index is 0.0940. The molecular formula is C16H21BrN2O2. The first-order valence-electron chi connectivity index (χ1n) is 7.65. The van der Waals surface area contributed by atoms with Gasteiger partial charge >= 0.3 is 0 Å². The number of nitrogens with one attached hydrogen (secondary N) is 1. The third-order valence-electron chi connectivity index (χ3n) is 3.99. The van der Waals surface area contributed by atoms with Gasteiger partial charge in [0, 0.05) is 35.7 Å². The van der Waals surface area contributed by atoms with Crippen molar-refractivity contribution in [3.8, 4) is 5.75 Å². The molecule has 0 unspecified atom stereocenters. The van der Waals surface area contributed by atoms with Gasteiger partial charge in [-0.15, -0.1) is 0 Å². The van der Waals surface area contributed by atoms with E-state index in [1.165, 1.54) is 12.8 Å². The fourth-order valence-corrected chi connectivity index (χ4v) is 2.97. The van der Waals surface area contributed by atoms with Crippen molar-refractivity contribution in [3.05, 3.63) is 28.2 Å². The summed E-state index contributed by atoms with van der Waals surface area (Å²) in [7, 11) is 0. The fraction of sp³-hybridized carbons (Fsp3) is 0.562. The van der Waals surface area contributed by atoms with Crippen molar-refractivity contribution in [2.24, 2.45) is 0 Å². The third kappa shape index (κ3) is 4.20. The summed E-state index contributed by atoms with van der Waals surface area (Å²) in [5.41, 5.74) is 1.10. The summed E-state index contributed by atoms with van der Waals surface area (Å²) in [6.45, 7) is 2.67. The van der Waals surface area contributed by atoms with Gasteiger partial charge < -0.3 is 15.0 Å². The Morgan fingerprint density at radius 3 is 2.81 bits per heavy atom. The zero-order valence-corrected chi connectivity index (χ0v) is 13.7. The van der Waals surface area contributed by atoms with Crippen LogP contribution in [0.5, 0.6) is 5.75 Å². The minimum Gasteiger partial charge on any atom is -0.483 e. The molecule has 4 nitrogen and oxygen atoms in total. The Labute approximate surface area is 134 Å². The van der Waals surface area contributed by atoms with Crippen LogP contribution >= 0.6 is 15.9 Å². The number of ether oxygens (including phenoxy) is 1. The van der Waals surface area contributed by atoms with E-state index in [-0.39, 0.29) is 12.5 Å². The van der Waals surface area contributed by atoms with Crippen molar-refractivity contribution in [1.29, 1.82) is 0 Å². The summed E-state index contributed by atoms with van der Waals surface area (Å²) in [5.74, 6) is 0.899. The molecule has 1 N–H and O–H groups in total. The minimum absolute atomic E-state index is 0.0940. The lowest BCUT2D eigenvalue weighted by molar-refractivity contribution is -0.132. The monoisotopic (exact) mass is 352 g/mol. The highest BCUT2D eigenvalue weighted by Crippen LogP contribution is 2.25. The van der Waals surface area contributed by atoms with Crippen molar-refractivity contribution < 1.29 is 9.53 Å². The second-order valence-corrected chi connectivity index (χ2v) is 6.70. The van der Waals surface area contributed by atoms with Crippen LogP contribution in [0.15, 0.2) is 22.7 Å². The maximum atomic E-state index is 12.0. The number of hydrogen-bond acceptors (Lipinski definition) is 3. The topological polar surface area (TPSA) is 41.6 Å². The number of nitrogens with zero attached hydrogens (tertiary/aromatic N) is 1. The summed E-state index contributed by atoms with van der Waals surface area (Å²) in [5, 5.41) is 3.49. The van der Waals surface area contributed by atoms with E-state index in [4.69, 9.17) is 4.74 Å². The van der Waals surface area contributed by atoms with Crippen LogP contribution in [-0.2, 0) is 11.3 Å². The number of amides is 1. The van der Waals surface area contributed by atoms with E-state index in [0.717, 1.165) is 48.3 Å². The van der Waals surface area contributed by atoms with E-state index >= 15 is 0 Å². The summed E-state index contributed by atoms with van der Waals surface area (Å²) in [6.07, 6.45) is 4.75. The van der Waals surface area contributed by atoms with Crippen LogP contribution in [-0.4, -0.2) is 36.5 Å². The second-order valence-electron chi connectivity index (χ2n) is 5.78. The normalized spacial score (nSPS) is 18.0. The molecule has 114 valence electrons. The number of likely N-dealkylation sites (tertiary alicyclic amines) is 1. The van der Waals surface area contributed by atoms with Gasteiger partial charge in [-0.2, -0.15) is 0 Å². The second kappa shape index (κ2) is 6.79. The molecule has 1 saturated carbocycles. The van der Waals surface area contributed by atoms with Crippen LogP contribution in [0.25, 0.3) is 0 Å². The zero-order chi connectivity index (χ0) is 14.7. The predicted molar refractivity (Wildman–Crippen MR) is 85.3 cm³/mol. The van der Waals surface area contributed by atoms with Gasteiger partial charge in [-0.1, -0.05) is 15.9 Å². The van der Waals surface area contributed by atoms with Crippen molar-refractivity contribution >= 4 is 21.8 Å². The summed E-state index contributed by atoms with van der Waals surface area (Å²) in [4.78, 5) is 13.9. The van der Waals surface area contributed by atoms with Crippen LogP contribution in [0.2, 0.25) is 0 Å². The van der Waals surface area contributed by atoms with E-state index in [1.807, 2.05) is 17.0 Å². The molecular weight excluding hydrogens is 332 g/mol. The average molecular weight is 353 g/mol. The maximum Gasteiger partial charge on any atom is 0.260 e. The molecule has 1 aromatic rings. The molecule has 1 saturated heterocycles. The summed E-state index contributed by atoms with van der Waals surface area (Å²) < 4.78 is 6.80. The molecule has 21 heavy (non-hydrogen) atoms. The van der Waals surface area contributed by atoms with Crippen LogP contribution in [0.3, 0.4) is 0 Å². The molecule has 0 bridgehead atoms. The molecule has 0 radical (unpaired) electrons. The third-order valence-corrected chi connectivity index (χ3v) is 4.48. The highest BCUT2D eigenvalue weighted by molar-refractivity contribution is 9.10. The SMILES string of the molecule is O=C(COc1ccc(Br)cc1CNC1CC1)N1CCCC1. The molecule has 2 fully saturated rings. The van der Waals surface area contributed by atoms with Gasteiger partial charge in [0.2, 0.25) is 0 Å². The van der Waals surface area contributed by atoms with Gasteiger partial charge in [-0.3, -0.25) is 4.79 Å². The molecule has 5 heteroatoms. The first-order chi connectivity index (χ1) is 10.2. The largest absolute Gasteiger partial charge is 0.483 e. The summed E-state index contributed by atoms with van der Waals surface area (Å²) >= 11 is 3.49. The molecule has 1 aromatic carbocycles. The molecule has 1 amide bonds. The van der Waals surface area contributed by atoms with E-state index in [9.17, 15) is 4.79 Å². The summed E-state index contributed by atoms with van der Waals surface area (Å²) in [6, 6.07) is 6.61. The van der Waals surface area contributed by atoms with Crippen LogP contribution in [0, 0.1) is 0 Å². The van der Waals surface area contributed by atoms with E-state index in [2.05, 4.69) is 27.3 Å². The zero-order valence-electron chi connectivity index (χ0n) is 12.1. The van der Waals surface area contributed by atoms with Gasteiger partial charge in [0.25, 0.3) is 5.91 Å². The number of carbonyl (C=O) groups is 1. The highest BCUT2D eigenvalue weighted by Gasteiger charge is 2.21. The molecule has 1 heterocycles. The molecule has 1 aliphatic carbocycles. The van der Waals surface area contributed by atoms with E-state index < -0.39 is 0 Å². The van der Waals surface area contributed by atoms with E-state index in [0.29, 0.717) is 6.04 Å². The molecule has 0 spiro atoms. The number of rotatable bonds is 6. The standard InChI is InChI=1S/C16H21BrN2O2/c17-13-3-6-15(12(9-13)10-18-14-4-5-14)21-11-16(20)19-7-1-2-8-19/h3,6,9,14,18H,1-2,4-5,7-8,10-11H2. The maximum absolute atomic E-state index is 12.0. The van der Waals surface area contributed by atoms with Crippen molar-refractivity contribution in [2.45, 2.75) is 38.3 Å². The quantitative estimate of drug-likeness (QED) is 0.855. The highest BCUT2D eigenvalue weighted by atomic mass is 79.9. The average Bonchev–Trinajstić information content (AvgIpc) is 3.15. The number of benzene rings is 1. The Balaban J connectivity index is 1.58. The first kappa shape index (κ1) is 14.9. The lowest BCUT2D eigenvalue weighted by Gasteiger charge is -2.17. The van der Waals surface area contributed by atoms with Crippen LogP contribution < -0.4 is 10.1 Å². The Morgan fingerprint density at radius 2 is 2.10 bits per heavy atom. The molecule has 3 rings (SSSR count). The van der Waals surface area contributed by atoms with Gasteiger partial charge in [0.05, 0.1) is 0 Å². The number of carbonyl (C=O) groups excluding carboxylic acids is 1. The first-order valence-corrected chi connectivity index (χ1v) is 8.44. The van der Waals surface area contributed by atoms with E-state index in [1.54, 1.807) is 0 Å². The lowest BCUT2D eigenvalue weighted by Crippen LogP contribution is -2.32. The lowest BCUT2D eigenvalue weighted by atomic mass is 10.2. The van der Waals surface area contributed by atoms with Gasteiger partial charge in [0.15, 0.2) is 6.61 Å². The molecule has 0 atom stereocenters.